The first-order valence-electron chi connectivity index (χ1n) is 7.19. The zero-order chi connectivity index (χ0) is 15.0. The molecule has 0 aliphatic carbocycles. The smallest absolute Gasteiger partial charge is 0.133 e. The molecule has 0 aliphatic rings. The third-order valence-corrected chi connectivity index (χ3v) is 4.48. The number of alkyl halides is 1. The Morgan fingerprint density at radius 2 is 1.70 bits per heavy atom. The fourth-order valence-corrected chi connectivity index (χ4v) is 3.02. The van der Waals surface area contributed by atoms with Crippen LogP contribution in [0.4, 0.5) is 0 Å². The standard InChI is InChI=1S/C16H24BrClO2/c1-4-5-6-7-8-9-14(18)12-10-16(20-3)13(17)11-15(12)19-2/h10-11,14H,4-9H2,1-3H3. The molecule has 0 aliphatic heterocycles. The zero-order valence-electron chi connectivity index (χ0n) is 12.5. The molecule has 0 aromatic heterocycles. The molecule has 0 heterocycles. The topological polar surface area (TPSA) is 18.5 Å². The van der Waals surface area contributed by atoms with Gasteiger partial charge in [0.15, 0.2) is 0 Å². The lowest BCUT2D eigenvalue weighted by Gasteiger charge is -2.16. The van der Waals surface area contributed by atoms with Crippen molar-refractivity contribution in [1.82, 2.24) is 0 Å². The highest BCUT2D eigenvalue weighted by Crippen LogP contribution is 2.39. The van der Waals surface area contributed by atoms with Crippen molar-refractivity contribution in [1.29, 1.82) is 0 Å². The van der Waals surface area contributed by atoms with Crippen LogP contribution in [0.15, 0.2) is 16.6 Å². The predicted octanol–water partition coefficient (Wildman–Crippen LogP) is 6.11. The Kier molecular flexibility index (Phi) is 8.39. The first-order valence-corrected chi connectivity index (χ1v) is 8.42. The number of ether oxygens (including phenoxy) is 2. The summed E-state index contributed by atoms with van der Waals surface area (Å²) >= 11 is 10.00. The van der Waals surface area contributed by atoms with Crippen LogP contribution in [0.5, 0.6) is 11.5 Å². The maximum absolute atomic E-state index is 6.53. The van der Waals surface area contributed by atoms with Crippen molar-refractivity contribution < 1.29 is 9.47 Å². The van der Waals surface area contributed by atoms with Crippen LogP contribution >= 0.6 is 27.5 Å². The molecule has 0 amide bonds. The minimum absolute atomic E-state index is 0.0337. The van der Waals surface area contributed by atoms with Crippen molar-refractivity contribution in [2.75, 3.05) is 14.2 Å². The highest BCUT2D eigenvalue weighted by atomic mass is 79.9. The van der Waals surface area contributed by atoms with Crippen LogP contribution in [0, 0.1) is 0 Å². The summed E-state index contributed by atoms with van der Waals surface area (Å²) in [6.07, 6.45) is 7.22. The maximum atomic E-state index is 6.53. The highest BCUT2D eigenvalue weighted by Gasteiger charge is 2.16. The van der Waals surface area contributed by atoms with Crippen LogP contribution in [0.25, 0.3) is 0 Å². The van der Waals surface area contributed by atoms with Gasteiger partial charge in [0, 0.05) is 5.56 Å². The van der Waals surface area contributed by atoms with Crippen LogP contribution in [-0.2, 0) is 0 Å². The van der Waals surface area contributed by atoms with E-state index in [4.69, 9.17) is 21.1 Å². The van der Waals surface area contributed by atoms with Crippen molar-refractivity contribution in [2.24, 2.45) is 0 Å². The summed E-state index contributed by atoms with van der Waals surface area (Å²) in [5.74, 6) is 1.60. The Bertz CT molecular complexity index is 410. The maximum Gasteiger partial charge on any atom is 0.133 e. The largest absolute Gasteiger partial charge is 0.496 e. The number of unbranched alkanes of at least 4 members (excludes halogenated alkanes) is 4. The van der Waals surface area contributed by atoms with Gasteiger partial charge in [0.1, 0.15) is 11.5 Å². The molecule has 1 atom stereocenters. The van der Waals surface area contributed by atoms with Crippen molar-refractivity contribution in [3.8, 4) is 11.5 Å². The Morgan fingerprint density at radius 3 is 2.30 bits per heavy atom. The summed E-state index contributed by atoms with van der Waals surface area (Å²) in [7, 11) is 3.33. The minimum Gasteiger partial charge on any atom is -0.496 e. The molecular weight excluding hydrogens is 340 g/mol. The van der Waals surface area contributed by atoms with Gasteiger partial charge < -0.3 is 9.47 Å². The summed E-state index contributed by atoms with van der Waals surface area (Å²) in [6.45, 7) is 2.23. The number of benzene rings is 1. The Labute approximate surface area is 135 Å². The normalized spacial score (nSPS) is 12.2. The first-order chi connectivity index (χ1) is 9.63. The summed E-state index contributed by atoms with van der Waals surface area (Å²) in [4.78, 5) is 0. The van der Waals surface area contributed by atoms with E-state index in [2.05, 4.69) is 22.9 Å². The number of methoxy groups -OCH3 is 2. The van der Waals surface area contributed by atoms with E-state index in [0.29, 0.717) is 0 Å². The minimum atomic E-state index is -0.0337. The number of rotatable bonds is 9. The average molecular weight is 364 g/mol. The lowest BCUT2D eigenvalue weighted by Crippen LogP contribution is -1.98. The van der Waals surface area contributed by atoms with Gasteiger partial charge in [-0.2, -0.15) is 0 Å². The van der Waals surface area contributed by atoms with E-state index in [1.165, 1.54) is 25.7 Å². The monoisotopic (exact) mass is 362 g/mol. The molecule has 1 rings (SSSR count). The number of halogens is 2. The number of hydrogen-bond donors (Lipinski definition) is 0. The van der Waals surface area contributed by atoms with Gasteiger partial charge >= 0.3 is 0 Å². The molecule has 1 aromatic rings. The molecule has 114 valence electrons. The molecular formula is C16H24BrClO2. The highest BCUT2D eigenvalue weighted by molar-refractivity contribution is 9.10. The van der Waals surface area contributed by atoms with E-state index < -0.39 is 0 Å². The quantitative estimate of drug-likeness (QED) is 0.389. The van der Waals surface area contributed by atoms with E-state index in [-0.39, 0.29) is 5.38 Å². The van der Waals surface area contributed by atoms with Gasteiger partial charge in [0.2, 0.25) is 0 Å². The van der Waals surface area contributed by atoms with E-state index in [1.807, 2.05) is 12.1 Å². The second-order valence-corrected chi connectivity index (χ2v) is 6.28. The third-order valence-electron chi connectivity index (χ3n) is 3.40. The predicted molar refractivity (Wildman–Crippen MR) is 89.2 cm³/mol. The SMILES string of the molecule is CCCCCCCC(Cl)c1cc(OC)c(Br)cc1OC. The molecule has 2 nitrogen and oxygen atoms in total. The van der Waals surface area contributed by atoms with Crippen molar-refractivity contribution in [3.63, 3.8) is 0 Å². The van der Waals surface area contributed by atoms with E-state index >= 15 is 0 Å². The molecule has 0 N–H and O–H groups in total. The van der Waals surface area contributed by atoms with Crippen molar-refractivity contribution >= 4 is 27.5 Å². The van der Waals surface area contributed by atoms with Gasteiger partial charge in [-0.25, -0.2) is 0 Å². The van der Waals surface area contributed by atoms with Crippen molar-refractivity contribution in [2.45, 2.75) is 50.8 Å². The molecule has 0 saturated carbocycles. The first kappa shape index (κ1) is 17.6. The summed E-state index contributed by atoms with van der Waals surface area (Å²) in [5.41, 5.74) is 1.00. The van der Waals surface area contributed by atoms with E-state index in [1.54, 1.807) is 14.2 Å². The molecule has 0 saturated heterocycles. The summed E-state index contributed by atoms with van der Waals surface area (Å²) in [5, 5.41) is -0.0337. The van der Waals surface area contributed by atoms with E-state index in [0.717, 1.165) is 34.4 Å². The Balaban J connectivity index is 2.68. The Morgan fingerprint density at radius 1 is 1.05 bits per heavy atom. The van der Waals surface area contributed by atoms with Crippen LogP contribution < -0.4 is 9.47 Å². The van der Waals surface area contributed by atoms with Gasteiger partial charge in [-0.05, 0) is 34.5 Å². The zero-order valence-corrected chi connectivity index (χ0v) is 14.9. The third kappa shape index (κ3) is 5.17. The van der Waals surface area contributed by atoms with Crippen molar-refractivity contribution in [3.05, 3.63) is 22.2 Å². The molecule has 0 bridgehead atoms. The van der Waals surface area contributed by atoms with Gasteiger partial charge in [-0.1, -0.05) is 39.0 Å². The summed E-state index contributed by atoms with van der Waals surface area (Å²) < 4.78 is 11.6. The fourth-order valence-electron chi connectivity index (χ4n) is 2.21. The second kappa shape index (κ2) is 9.51. The van der Waals surface area contributed by atoms with Crippen LogP contribution in [0.1, 0.15) is 56.4 Å². The van der Waals surface area contributed by atoms with Gasteiger partial charge in [-0.3, -0.25) is 0 Å². The van der Waals surface area contributed by atoms with Gasteiger partial charge in [0.25, 0.3) is 0 Å². The molecule has 0 fully saturated rings. The summed E-state index contributed by atoms with van der Waals surface area (Å²) in [6, 6.07) is 3.88. The molecule has 0 spiro atoms. The average Bonchev–Trinajstić information content (AvgIpc) is 2.46. The molecule has 1 unspecified atom stereocenters. The van der Waals surface area contributed by atoms with Crippen LogP contribution in [0.3, 0.4) is 0 Å². The van der Waals surface area contributed by atoms with Crippen LogP contribution in [0.2, 0.25) is 0 Å². The fraction of sp³-hybridized carbons (Fsp3) is 0.625. The van der Waals surface area contributed by atoms with Crippen LogP contribution in [-0.4, -0.2) is 14.2 Å². The molecule has 20 heavy (non-hydrogen) atoms. The lowest BCUT2D eigenvalue weighted by molar-refractivity contribution is 0.395. The molecule has 0 radical (unpaired) electrons. The molecule has 4 heteroatoms. The number of hydrogen-bond acceptors (Lipinski definition) is 2. The second-order valence-electron chi connectivity index (χ2n) is 4.90. The van der Waals surface area contributed by atoms with Gasteiger partial charge in [0.05, 0.1) is 24.1 Å². The Hall–Kier alpha value is -0.410. The van der Waals surface area contributed by atoms with E-state index in [9.17, 15) is 0 Å². The van der Waals surface area contributed by atoms with Gasteiger partial charge in [-0.15, -0.1) is 11.6 Å². The molecule has 1 aromatic carbocycles. The lowest BCUT2D eigenvalue weighted by atomic mass is 10.0.